The molecular formula is C15H14BrIO2. The normalized spacial score (nSPS) is 12.2. The number of ether oxygens (including phenoxy) is 1. The Labute approximate surface area is 135 Å². The lowest BCUT2D eigenvalue weighted by atomic mass is 10.0. The number of rotatable bonds is 4. The van der Waals surface area contributed by atoms with Crippen molar-refractivity contribution in [2.24, 2.45) is 0 Å². The van der Waals surface area contributed by atoms with Crippen LogP contribution >= 0.6 is 38.5 Å². The van der Waals surface area contributed by atoms with Gasteiger partial charge in [-0.25, -0.2) is 0 Å². The Balaban J connectivity index is 2.25. The van der Waals surface area contributed by atoms with Crippen LogP contribution in [-0.2, 0) is 6.42 Å². The number of benzene rings is 2. The molecule has 0 spiro atoms. The van der Waals surface area contributed by atoms with Crippen LogP contribution in [0.25, 0.3) is 0 Å². The summed E-state index contributed by atoms with van der Waals surface area (Å²) in [6.45, 7) is 0. The number of hydrogen-bond acceptors (Lipinski definition) is 2. The van der Waals surface area contributed by atoms with E-state index in [2.05, 4.69) is 38.5 Å². The monoisotopic (exact) mass is 432 g/mol. The Morgan fingerprint density at radius 3 is 2.74 bits per heavy atom. The van der Waals surface area contributed by atoms with Gasteiger partial charge in [0.15, 0.2) is 0 Å². The molecule has 19 heavy (non-hydrogen) atoms. The summed E-state index contributed by atoms with van der Waals surface area (Å²) in [5.41, 5.74) is 1.90. The van der Waals surface area contributed by atoms with Crippen LogP contribution in [0.4, 0.5) is 0 Å². The highest BCUT2D eigenvalue weighted by Gasteiger charge is 2.14. The van der Waals surface area contributed by atoms with Gasteiger partial charge in [-0.15, -0.1) is 0 Å². The second-order valence-corrected chi connectivity index (χ2v) is 6.30. The van der Waals surface area contributed by atoms with E-state index >= 15 is 0 Å². The van der Waals surface area contributed by atoms with Crippen molar-refractivity contribution in [1.29, 1.82) is 0 Å². The third-order valence-corrected chi connectivity index (χ3v) is 4.32. The Hall–Kier alpha value is -0.590. The number of methoxy groups -OCH3 is 1. The molecule has 0 bridgehead atoms. The number of halogens is 2. The number of aliphatic hydroxyl groups is 1. The van der Waals surface area contributed by atoms with Gasteiger partial charge in [0.2, 0.25) is 0 Å². The fourth-order valence-electron chi connectivity index (χ4n) is 1.96. The molecule has 0 saturated heterocycles. The third-order valence-electron chi connectivity index (χ3n) is 2.92. The van der Waals surface area contributed by atoms with Crippen molar-refractivity contribution >= 4 is 38.5 Å². The largest absolute Gasteiger partial charge is 0.496 e. The summed E-state index contributed by atoms with van der Waals surface area (Å²) in [6, 6.07) is 13.7. The van der Waals surface area contributed by atoms with Gasteiger partial charge in [-0.2, -0.15) is 0 Å². The van der Waals surface area contributed by atoms with Crippen molar-refractivity contribution in [3.05, 3.63) is 61.6 Å². The first-order chi connectivity index (χ1) is 9.11. The van der Waals surface area contributed by atoms with E-state index in [0.717, 1.165) is 24.9 Å². The van der Waals surface area contributed by atoms with E-state index in [9.17, 15) is 5.11 Å². The Morgan fingerprint density at radius 2 is 2.00 bits per heavy atom. The molecule has 2 rings (SSSR count). The molecule has 0 heterocycles. The van der Waals surface area contributed by atoms with Gasteiger partial charge >= 0.3 is 0 Å². The number of aliphatic hydroxyl groups excluding tert-OH is 1. The minimum absolute atomic E-state index is 0.530. The van der Waals surface area contributed by atoms with Gasteiger partial charge in [0.1, 0.15) is 5.75 Å². The van der Waals surface area contributed by atoms with Gasteiger partial charge in [-0.05, 0) is 58.0 Å². The van der Waals surface area contributed by atoms with Crippen molar-refractivity contribution < 1.29 is 9.84 Å². The van der Waals surface area contributed by atoms with Crippen LogP contribution in [0.15, 0.2) is 46.9 Å². The molecule has 0 aromatic heterocycles. The summed E-state index contributed by atoms with van der Waals surface area (Å²) >= 11 is 5.73. The quantitative estimate of drug-likeness (QED) is 0.728. The summed E-state index contributed by atoms with van der Waals surface area (Å²) in [4.78, 5) is 0. The maximum absolute atomic E-state index is 10.4. The highest BCUT2D eigenvalue weighted by molar-refractivity contribution is 14.1. The molecule has 0 radical (unpaired) electrons. The molecule has 4 heteroatoms. The second-order valence-electron chi connectivity index (χ2n) is 4.20. The van der Waals surface area contributed by atoms with Crippen molar-refractivity contribution in [1.82, 2.24) is 0 Å². The standard InChI is InChI=1S/C15H14BrIO2/c1-19-15-5-3-2-4-10(15)8-14(18)12-9-11(17)6-7-13(12)16/h2-7,9,14,18H,8H2,1H3. The molecule has 2 aromatic carbocycles. The van der Waals surface area contributed by atoms with Gasteiger partial charge in [-0.1, -0.05) is 34.1 Å². The molecule has 0 aliphatic rings. The van der Waals surface area contributed by atoms with Crippen molar-refractivity contribution in [3.63, 3.8) is 0 Å². The summed E-state index contributed by atoms with van der Waals surface area (Å²) in [5.74, 6) is 0.809. The first-order valence-electron chi connectivity index (χ1n) is 5.86. The minimum atomic E-state index is -0.555. The van der Waals surface area contributed by atoms with Crippen LogP contribution in [0.1, 0.15) is 17.2 Å². The van der Waals surface area contributed by atoms with E-state index in [0.29, 0.717) is 6.42 Å². The zero-order valence-electron chi connectivity index (χ0n) is 10.4. The van der Waals surface area contributed by atoms with Crippen LogP contribution in [0, 0.1) is 3.57 Å². The average Bonchev–Trinajstić information content (AvgIpc) is 2.42. The Morgan fingerprint density at radius 1 is 1.26 bits per heavy atom. The van der Waals surface area contributed by atoms with Crippen LogP contribution in [0.2, 0.25) is 0 Å². The molecule has 0 saturated carbocycles. The zero-order chi connectivity index (χ0) is 13.8. The summed E-state index contributed by atoms with van der Waals surface area (Å²) in [5, 5.41) is 10.4. The first kappa shape index (κ1) is 14.8. The van der Waals surface area contributed by atoms with Crippen LogP contribution in [0.3, 0.4) is 0 Å². The molecular weight excluding hydrogens is 419 g/mol. The van der Waals surface area contributed by atoms with E-state index in [4.69, 9.17) is 4.74 Å². The lowest BCUT2D eigenvalue weighted by Crippen LogP contribution is -2.04. The summed E-state index contributed by atoms with van der Waals surface area (Å²) < 4.78 is 7.34. The Bertz CT molecular complexity index is 572. The fourth-order valence-corrected chi connectivity index (χ4v) is 2.99. The molecule has 0 amide bonds. The van der Waals surface area contributed by atoms with Crippen LogP contribution in [-0.4, -0.2) is 12.2 Å². The van der Waals surface area contributed by atoms with Crippen LogP contribution < -0.4 is 4.74 Å². The van der Waals surface area contributed by atoms with Crippen molar-refractivity contribution in [3.8, 4) is 5.75 Å². The molecule has 100 valence electrons. The predicted molar refractivity (Wildman–Crippen MR) is 88.5 cm³/mol. The maximum atomic E-state index is 10.4. The number of hydrogen-bond donors (Lipinski definition) is 1. The molecule has 0 fully saturated rings. The topological polar surface area (TPSA) is 29.5 Å². The van der Waals surface area contributed by atoms with Crippen LogP contribution in [0.5, 0.6) is 5.75 Å². The molecule has 0 aliphatic carbocycles. The lowest BCUT2D eigenvalue weighted by molar-refractivity contribution is 0.176. The molecule has 1 N–H and O–H groups in total. The van der Waals surface area contributed by atoms with Gasteiger partial charge in [0.05, 0.1) is 13.2 Å². The SMILES string of the molecule is COc1ccccc1CC(O)c1cc(I)ccc1Br. The highest BCUT2D eigenvalue weighted by atomic mass is 127. The van der Waals surface area contributed by atoms with E-state index in [1.165, 1.54) is 0 Å². The maximum Gasteiger partial charge on any atom is 0.122 e. The predicted octanol–water partition coefficient (Wildman–Crippen LogP) is 4.34. The summed E-state index contributed by atoms with van der Waals surface area (Å²) in [7, 11) is 1.65. The first-order valence-corrected chi connectivity index (χ1v) is 7.74. The number of para-hydroxylation sites is 1. The van der Waals surface area contributed by atoms with Crippen molar-refractivity contribution in [2.75, 3.05) is 7.11 Å². The summed E-state index contributed by atoms with van der Waals surface area (Å²) in [6.07, 6.45) is -0.0247. The highest BCUT2D eigenvalue weighted by Crippen LogP contribution is 2.30. The molecule has 2 nitrogen and oxygen atoms in total. The van der Waals surface area contributed by atoms with Gasteiger partial charge < -0.3 is 9.84 Å². The van der Waals surface area contributed by atoms with Gasteiger partial charge in [0, 0.05) is 14.5 Å². The lowest BCUT2D eigenvalue weighted by Gasteiger charge is -2.15. The molecule has 1 atom stereocenters. The minimum Gasteiger partial charge on any atom is -0.496 e. The van der Waals surface area contributed by atoms with Gasteiger partial charge in [-0.3, -0.25) is 0 Å². The average molecular weight is 433 g/mol. The van der Waals surface area contributed by atoms with E-state index < -0.39 is 6.10 Å². The fraction of sp³-hybridized carbons (Fsp3) is 0.200. The van der Waals surface area contributed by atoms with E-state index in [1.807, 2.05) is 42.5 Å². The molecule has 1 unspecified atom stereocenters. The van der Waals surface area contributed by atoms with E-state index in [-0.39, 0.29) is 0 Å². The second kappa shape index (κ2) is 6.72. The molecule has 2 aromatic rings. The van der Waals surface area contributed by atoms with Crippen molar-refractivity contribution in [2.45, 2.75) is 12.5 Å². The third kappa shape index (κ3) is 3.70. The Kier molecular flexibility index (Phi) is 5.24. The zero-order valence-corrected chi connectivity index (χ0v) is 14.2. The smallest absolute Gasteiger partial charge is 0.122 e. The van der Waals surface area contributed by atoms with Gasteiger partial charge in [0.25, 0.3) is 0 Å². The molecule has 0 aliphatic heterocycles. The van der Waals surface area contributed by atoms with E-state index in [1.54, 1.807) is 7.11 Å².